The molecule has 0 aliphatic heterocycles. The number of carbonyl (C=O) groups is 1. The summed E-state index contributed by atoms with van der Waals surface area (Å²) in [5, 5.41) is 3.02. The second-order valence-corrected chi connectivity index (χ2v) is 6.26. The molecule has 0 aliphatic rings. The normalized spacial score (nSPS) is 11.5. The SMILES string of the molecule is O=C(CCc1ccccc1)Nc1nc2ccc(OC(F)(F)F)cc2s1. The highest BCUT2D eigenvalue weighted by Crippen LogP contribution is 2.31. The van der Waals surface area contributed by atoms with E-state index in [1.54, 1.807) is 0 Å². The Morgan fingerprint density at radius 3 is 2.64 bits per heavy atom. The number of nitrogens with one attached hydrogen (secondary N) is 1. The highest BCUT2D eigenvalue weighted by atomic mass is 32.1. The Morgan fingerprint density at radius 1 is 1.16 bits per heavy atom. The Kier molecular flexibility index (Phi) is 4.89. The Bertz CT molecular complexity index is 878. The Labute approximate surface area is 145 Å². The van der Waals surface area contributed by atoms with E-state index in [1.807, 2.05) is 30.3 Å². The van der Waals surface area contributed by atoms with Crippen LogP contribution in [0.5, 0.6) is 5.75 Å². The molecule has 8 heteroatoms. The minimum Gasteiger partial charge on any atom is -0.406 e. The summed E-state index contributed by atoms with van der Waals surface area (Å²) >= 11 is 1.10. The zero-order chi connectivity index (χ0) is 17.9. The number of aryl methyl sites for hydroxylation is 1. The van der Waals surface area contributed by atoms with E-state index >= 15 is 0 Å². The molecule has 0 bridgehead atoms. The van der Waals surface area contributed by atoms with Gasteiger partial charge in [-0.15, -0.1) is 13.2 Å². The Balaban J connectivity index is 1.64. The molecular formula is C17H13F3N2O2S. The van der Waals surface area contributed by atoms with Gasteiger partial charge in [-0.1, -0.05) is 41.7 Å². The van der Waals surface area contributed by atoms with Crippen LogP contribution < -0.4 is 10.1 Å². The topological polar surface area (TPSA) is 51.2 Å². The van der Waals surface area contributed by atoms with Crippen LogP contribution in [0, 0.1) is 0 Å². The highest BCUT2D eigenvalue weighted by molar-refractivity contribution is 7.22. The van der Waals surface area contributed by atoms with Crippen LogP contribution >= 0.6 is 11.3 Å². The number of hydrogen-bond donors (Lipinski definition) is 1. The number of anilines is 1. The van der Waals surface area contributed by atoms with Gasteiger partial charge in [-0.05, 0) is 24.1 Å². The first-order valence-electron chi connectivity index (χ1n) is 7.39. The standard InChI is InChI=1S/C17H13F3N2O2S/c18-17(19,20)24-12-7-8-13-14(10-12)25-16(21-13)22-15(23)9-6-11-4-2-1-3-5-11/h1-5,7-8,10H,6,9H2,(H,21,22,23). The monoisotopic (exact) mass is 366 g/mol. The van der Waals surface area contributed by atoms with Crippen LogP contribution in [0.25, 0.3) is 10.2 Å². The fourth-order valence-corrected chi connectivity index (χ4v) is 3.15. The van der Waals surface area contributed by atoms with Gasteiger partial charge in [0.15, 0.2) is 5.13 Å². The molecule has 130 valence electrons. The number of benzene rings is 2. The molecule has 0 saturated carbocycles. The van der Waals surface area contributed by atoms with Gasteiger partial charge in [0, 0.05) is 12.5 Å². The third-order valence-electron chi connectivity index (χ3n) is 3.32. The fourth-order valence-electron chi connectivity index (χ4n) is 2.24. The number of alkyl halides is 3. The number of ether oxygens (including phenoxy) is 1. The summed E-state index contributed by atoms with van der Waals surface area (Å²) in [6.07, 6.45) is -3.85. The molecule has 1 amide bonds. The molecule has 25 heavy (non-hydrogen) atoms. The van der Waals surface area contributed by atoms with Gasteiger partial charge in [0.05, 0.1) is 10.2 Å². The predicted molar refractivity (Wildman–Crippen MR) is 89.7 cm³/mol. The van der Waals surface area contributed by atoms with E-state index in [2.05, 4.69) is 15.0 Å². The molecule has 0 fully saturated rings. The maximum Gasteiger partial charge on any atom is 0.573 e. The molecule has 0 saturated heterocycles. The largest absolute Gasteiger partial charge is 0.573 e. The summed E-state index contributed by atoms with van der Waals surface area (Å²) in [5.74, 6) is -0.514. The van der Waals surface area contributed by atoms with E-state index in [-0.39, 0.29) is 11.7 Å². The van der Waals surface area contributed by atoms with Crippen molar-refractivity contribution in [3.63, 3.8) is 0 Å². The van der Waals surface area contributed by atoms with Crippen molar-refractivity contribution in [2.75, 3.05) is 5.32 Å². The average molecular weight is 366 g/mol. The van der Waals surface area contributed by atoms with Crippen LogP contribution in [0.3, 0.4) is 0 Å². The number of carbonyl (C=O) groups excluding carboxylic acids is 1. The van der Waals surface area contributed by atoms with E-state index in [0.29, 0.717) is 28.2 Å². The second-order valence-electron chi connectivity index (χ2n) is 5.23. The minimum atomic E-state index is -4.74. The van der Waals surface area contributed by atoms with E-state index in [4.69, 9.17) is 0 Å². The molecule has 3 aromatic rings. The summed E-state index contributed by atoms with van der Waals surface area (Å²) in [6.45, 7) is 0. The van der Waals surface area contributed by atoms with Crippen molar-refractivity contribution >= 4 is 32.6 Å². The Morgan fingerprint density at radius 2 is 1.92 bits per heavy atom. The van der Waals surface area contributed by atoms with Gasteiger partial charge in [-0.2, -0.15) is 0 Å². The van der Waals surface area contributed by atoms with Crippen molar-refractivity contribution in [3.05, 3.63) is 54.1 Å². The maximum absolute atomic E-state index is 12.3. The summed E-state index contributed by atoms with van der Waals surface area (Å²) < 4.78 is 41.1. The van der Waals surface area contributed by atoms with Crippen LogP contribution in [0.1, 0.15) is 12.0 Å². The van der Waals surface area contributed by atoms with Crippen molar-refractivity contribution < 1.29 is 22.7 Å². The van der Waals surface area contributed by atoms with Crippen molar-refractivity contribution in [2.45, 2.75) is 19.2 Å². The first-order valence-corrected chi connectivity index (χ1v) is 8.21. The predicted octanol–water partition coefficient (Wildman–Crippen LogP) is 4.77. The third kappa shape index (κ3) is 4.93. The number of hydrogen-bond acceptors (Lipinski definition) is 4. The lowest BCUT2D eigenvalue weighted by Gasteiger charge is -2.07. The van der Waals surface area contributed by atoms with Crippen molar-refractivity contribution in [3.8, 4) is 5.75 Å². The Hall–Kier alpha value is -2.61. The number of amides is 1. The molecule has 0 radical (unpaired) electrons. The van der Waals surface area contributed by atoms with Crippen molar-refractivity contribution in [1.29, 1.82) is 0 Å². The third-order valence-corrected chi connectivity index (χ3v) is 4.26. The number of nitrogens with zero attached hydrogens (tertiary/aromatic N) is 1. The zero-order valence-electron chi connectivity index (χ0n) is 12.8. The summed E-state index contributed by atoms with van der Waals surface area (Å²) in [4.78, 5) is 16.2. The van der Waals surface area contributed by atoms with E-state index in [1.165, 1.54) is 18.2 Å². The summed E-state index contributed by atoms with van der Waals surface area (Å²) in [5.41, 5.74) is 1.55. The lowest BCUT2D eigenvalue weighted by atomic mass is 10.1. The molecule has 1 heterocycles. The van der Waals surface area contributed by atoms with E-state index in [0.717, 1.165) is 16.9 Å². The van der Waals surface area contributed by atoms with Gasteiger partial charge in [-0.25, -0.2) is 4.98 Å². The summed E-state index contributed by atoms with van der Waals surface area (Å²) in [7, 11) is 0. The van der Waals surface area contributed by atoms with Gasteiger partial charge in [0.25, 0.3) is 0 Å². The quantitative estimate of drug-likeness (QED) is 0.708. The molecule has 0 unspecified atom stereocenters. The molecule has 0 atom stereocenters. The molecule has 3 rings (SSSR count). The van der Waals surface area contributed by atoms with Crippen LogP contribution in [0.15, 0.2) is 48.5 Å². The van der Waals surface area contributed by atoms with Gasteiger partial charge < -0.3 is 10.1 Å². The van der Waals surface area contributed by atoms with Crippen LogP contribution in [0.2, 0.25) is 0 Å². The number of halogens is 3. The minimum absolute atomic E-state index is 0.199. The number of rotatable bonds is 5. The number of aromatic nitrogens is 1. The van der Waals surface area contributed by atoms with Crippen LogP contribution in [-0.4, -0.2) is 17.3 Å². The molecular weight excluding hydrogens is 353 g/mol. The van der Waals surface area contributed by atoms with E-state index in [9.17, 15) is 18.0 Å². The lowest BCUT2D eigenvalue weighted by Crippen LogP contribution is -2.16. The first-order chi connectivity index (χ1) is 11.9. The molecule has 2 aromatic carbocycles. The van der Waals surface area contributed by atoms with Crippen LogP contribution in [-0.2, 0) is 11.2 Å². The first kappa shape index (κ1) is 17.2. The van der Waals surface area contributed by atoms with Gasteiger partial charge in [0.2, 0.25) is 5.91 Å². The van der Waals surface area contributed by atoms with E-state index < -0.39 is 6.36 Å². The smallest absolute Gasteiger partial charge is 0.406 e. The molecule has 0 aliphatic carbocycles. The maximum atomic E-state index is 12.3. The van der Waals surface area contributed by atoms with Gasteiger partial charge in [0.1, 0.15) is 5.75 Å². The molecule has 0 spiro atoms. The molecule has 1 N–H and O–H groups in total. The van der Waals surface area contributed by atoms with Gasteiger partial charge in [-0.3, -0.25) is 4.79 Å². The average Bonchev–Trinajstić information content (AvgIpc) is 2.94. The molecule has 4 nitrogen and oxygen atoms in total. The zero-order valence-corrected chi connectivity index (χ0v) is 13.7. The van der Waals surface area contributed by atoms with Crippen molar-refractivity contribution in [1.82, 2.24) is 4.98 Å². The van der Waals surface area contributed by atoms with Crippen molar-refractivity contribution in [2.24, 2.45) is 0 Å². The number of thiazole rings is 1. The lowest BCUT2D eigenvalue weighted by molar-refractivity contribution is -0.274. The highest BCUT2D eigenvalue weighted by Gasteiger charge is 2.31. The van der Waals surface area contributed by atoms with Crippen LogP contribution in [0.4, 0.5) is 18.3 Å². The van der Waals surface area contributed by atoms with Gasteiger partial charge >= 0.3 is 6.36 Å². The molecule has 1 aromatic heterocycles. The number of fused-ring (bicyclic) bond motifs is 1. The second kappa shape index (κ2) is 7.10. The fraction of sp³-hybridized carbons (Fsp3) is 0.176. The summed E-state index contributed by atoms with van der Waals surface area (Å²) in [6, 6.07) is 13.5.